The SMILES string of the molecule is CCCCCCCCCCCCCCO[Si](C)(C)C. The van der Waals surface area contributed by atoms with Crippen LogP contribution in [0.2, 0.25) is 19.6 Å². The molecule has 0 saturated heterocycles. The summed E-state index contributed by atoms with van der Waals surface area (Å²) in [7, 11) is -1.26. The van der Waals surface area contributed by atoms with E-state index in [1.807, 2.05) is 0 Å². The van der Waals surface area contributed by atoms with Crippen molar-refractivity contribution in [1.82, 2.24) is 0 Å². The molecule has 0 radical (unpaired) electrons. The average molecular weight is 287 g/mol. The molecule has 0 spiro atoms. The molecule has 0 aliphatic heterocycles. The van der Waals surface area contributed by atoms with E-state index in [0.717, 1.165) is 6.61 Å². The molecule has 0 aromatic carbocycles. The third kappa shape index (κ3) is 18.2. The Hall–Kier alpha value is 0.177. The first-order valence-electron chi connectivity index (χ1n) is 8.70. The quantitative estimate of drug-likeness (QED) is 0.260. The largest absolute Gasteiger partial charge is 0.418 e. The Morgan fingerprint density at radius 2 is 0.947 bits per heavy atom. The van der Waals surface area contributed by atoms with E-state index in [1.54, 1.807) is 0 Å². The molecule has 0 fully saturated rings. The van der Waals surface area contributed by atoms with Crippen molar-refractivity contribution in [2.24, 2.45) is 0 Å². The van der Waals surface area contributed by atoms with E-state index in [1.165, 1.54) is 77.0 Å². The Morgan fingerprint density at radius 1 is 0.579 bits per heavy atom. The Morgan fingerprint density at radius 3 is 1.32 bits per heavy atom. The molecule has 19 heavy (non-hydrogen) atoms. The van der Waals surface area contributed by atoms with Gasteiger partial charge >= 0.3 is 0 Å². The zero-order chi connectivity index (χ0) is 14.4. The van der Waals surface area contributed by atoms with Crippen LogP contribution in [0, 0.1) is 0 Å². The summed E-state index contributed by atoms with van der Waals surface area (Å²) in [6.07, 6.45) is 17.0. The lowest BCUT2D eigenvalue weighted by molar-refractivity contribution is 0.298. The van der Waals surface area contributed by atoms with E-state index >= 15 is 0 Å². The van der Waals surface area contributed by atoms with Gasteiger partial charge in [0.15, 0.2) is 8.32 Å². The van der Waals surface area contributed by atoms with Gasteiger partial charge < -0.3 is 4.43 Å². The Balaban J connectivity index is 2.99. The highest BCUT2D eigenvalue weighted by Crippen LogP contribution is 2.12. The average Bonchev–Trinajstić information content (AvgIpc) is 2.34. The summed E-state index contributed by atoms with van der Waals surface area (Å²) < 4.78 is 5.86. The van der Waals surface area contributed by atoms with Crippen LogP contribution in [0.5, 0.6) is 0 Å². The molecule has 0 saturated carbocycles. The van der Waals surface area contributed by atoms with E-state index < -0.39 is 8.32 Å². The van der Waals surface area contributed by atoms with Gasteiger partial charge in [0, 0.05) is 6.61 Å². The lowest BCUT2D eigenvalue weighted by atomic mass is 10.1. The summed E-state index contributed by atoms with van der Waals surface area (Å²) in [6.45, 7) is 10.1. The highest BCUT2D eigenvalue weighted by atomic mass is 28.4. The second-order valence-corrected chi connectivity index (χ2v) is 11.4. The lowest BCUT2D eigenvalue weighted by Gasteiger charge is -2.16. The molecule has 0 aromatic rings. The molecule has 0 rings (SSSR count). The summed E-state index contributed by atoms with van der Waals surface area (Å²) in [5, 5.41) is 0. The van der Waals surface area contributed by atoms with Crippen LogP contribution in [-0.2, 0) is 4.43 Å². The zero-order valence-corrected chi connectivity index (χ0v) is 15.1. The van der Waals surface area contributed by atoms with E-state index in [2.05, 4.69) is 26.6 Å². The van der Waals surface area contributed by atoms with Gasteiger partial charge in [0.25, 0.3) is 0 Å². The molecule has 0 aromatic heterocycles. The minimum atomic E-state index is -1.26. The van der Waals surface area contributed by atoms with Gasteiger partial charge in [0.2, 0.25) is 0 Å². The maximum Gasteiger partial charge on any atom is 0.183 e. The fourth-order valence-corrected chi connectivity index (χ4v) is 3.08. The maximum absolute atomic E-state index is 5.86. The fraction of sp³-hybridized carbons (Fsp3) is 1.00. The van der Waals surface area contributed by atoms with Crippen molar-refractivity contribution < 1.29 is 4.43 Å². The number of rotatable bonds is 14. The smallest absolute Gasteiger partial charge is 0.183 e. The molecule has 0 heterocycles. The summed E-state index contributed by atoms with van der Waals surface area (Å²) >= 11 is 0. The van der Waals surface area contributed by atoms with Crippen LogP contribution in [0.15, 0.2) is 0 Å². The Labute approximate surface area is 123 Å². The standard InChI is InChI=1S/C17H38OSi/c1-5-6-7-8-9-10-11-12-13-14-15-16-17-18-19(2,3)4/h5-17H2,1-4H3. The van der Waals surface area contributed by atoms with E-state index in [0.29, 0.717) is 0 Å². The maximum atomic E-state index is 5.86. The highest BCUT2D eigenvalue weighted by Gasteiger charge is 2.12. The van der Waals surface area contributed by atoms with Crippen molar-refractivity contribution in [2.45, 2.75) is 104 Å². The predicted octanol–water partition coefficient (Wildman–Crippen LogP) is 6.54. The van der Waals surface area contributed by atoms with Crippen molar-refractivity contribution in [1.29, 1.82) is 0 Å². The molecular weight excluding hydrogens is 248 g/mol. The van der Waals surface area contributed by atoms with Crippen LogP contribution in [0.4, 0.5) is 0 Å². The first-order valence-corrected chi connectivity index (χ1v) is 12.1. The number of unbranched alkanes of at least 4 members (excludes halogenated alkanes) is 11. The third-order valence-electron chi connectivity index (χ3n) is 3.53. The predicted molar refractivity (Wildman–Crippen MR) is 90.4 cm³/mol. The molecule has 0 aliphatic carbocycles. The molecule has 0 amide bonds. The van der Waals surface area contributed by atoms with Crippen molar-refractivity contribution >= 4 is 8.32 Å². The first kappa shape index (κ1) is 19.2. The van der Waals surface area contributed by atoms with Gasteiger partial charge in [-0.25, -0.2) is 0 Å². The van der Waals surface area contributed by atoms with E-state index in [-0.39, 0.29) is 0 Å². The van der Waals surface area contributed by atoms with E-state index in [4.69, 9.17) is 4.43 Å². The Bertz CT molecular complexity index is 175. The van der Waals surface area contributed by atoms with E-state index in [9.17, 15) is 0 Å². The van der Waals surface area contributed by atoms with Crippen LogP contribution < -0.4 is 0 Å². The van der Waals surface area contributed by atoms with Crippen LogP contribution >= 0.6 is 0 Å². The van der Waals surface area contributed by atoms with Gasteiger partial charge in [0.05, 0.1) is 0 Å². The minimum absolute atomic E-state index is 0.993. The topological polar surface area (TPSA) is 9.23 Å². The first-order chi connectivity index (χ1) is 9.06. The second-order valence-electron chi connectivity index (χ2n) is 6.85. The van der Waals surface area contributed by atoms with Crippen LogP contribution in [0.3, 0.4) is 0 Å². The monoisotopic (exact) mass is 286 g/mol. The zero-order valence-electron chi connectivity index (χ0n) is 14.1. The third-order valence-corrected chi connectivity index (χ3v) is 4.60. The normalized spacial score (nSPS) is 12.0. The van der Waals surface area contributed by atoms with Crippen LogP contribution in [-0.4, -0.2) is 14.9 Å². The van der Waals surface area contributed by atoms with Gasteiger partial charge in [-0.2, -0.15) is 0 Å². The molecule has 1 nitrogen and oxygen atoms in total. The molecular formula is C17H38OSi. The number of hydrogen-bond acceptors (Lipinski definition) is 1. The highest BCUT2D eigenvalue weighted by molar-refractivity contribution is 6.69. The van der Waals surface area contributed by atoms with Crippen molar-refractivity contribution in [2.75, 3.05) is 6.61 Å². The van der Waals surface area contributed by atoms with Crippen molar-refractivity contribution in [3.63, 3.8) is 0 Å². The van der Waals surface area contributed by atoms with Gasteiger partial charge in [0.1, 0.15) is 0 Å². The molecule has 0 unspecified atom stereocenters. The summed E-state index contributed by atoms with van der Waals surface area (Å²) in [5.74, 6) is 0. The fourth-order valence-electron chi connectivity index (χ4n) is 2.32. The molecule has 0 aliphatic rings. The summed E-state index contributed by atoms with van der Waals surface area (Å²) in [5.41, 5.74) is 0. The van der Waals surface area contributed by atoms with Crippen molar-refractivity contribution in [3.8, 4) is 0 Å². The number of hydrogen-bond donors (Lipinski definition) is 0. The molecule has 116 valence electrons. The molecule has 0 atom stereocenters. The minimum Gasteiger partial charge on any atom is -0.418 e. The molecule has 0 N–H and O–H groups in total. The van der Waals surface area contributed by atoms with Crippen molar-refractivity contribution in [3.05, 3.63) is 0 Å². The van der Waals surface area contributed by atoms with Gasteiger partial charge in [-0.1, -0.05) is 77.6 Å². The lowest BCUT2D eigenvalue weighted by Crippen LogP contribution is -2.25. The second kappa shape index (κ2) is 13.2. The van der Waals surface area contributed by atoms with Crippen LogP contribution in [0.25, 0.3) is 0 Å². The van der Waals surface area contributed by atoms with Gasteiger partial charge in [-0.3, -0.25) is 0 Å². The molecule has 0 bridgehead atoms. The molecule has 2 heteroatoms. The van der Waals surface area contributed by atoms with Gasteiger partial charge in [-0.05, 0) is 26.1 Å². The summed E-state index contributed by atoms with van der Waals surface area (Å²) in [6, 6.07) is 0. The van der Waals surface area contributed by atoms with Crippen LogP contribution in [0.1, 0.15) is 84.0 Å². The van der Waals surface area contributed by atoms with Gasteiger partial charge in [-0.15, -0.1) is 0 Å². The summed E-state index contributed by atoms with van der Waals surface area (Å²) in [4.78, 5) is 0. The Kier molecular flexibility index (Phi) is 13.3.